The van der Waals surface area contributed by atoms with E-state index in [0.29, 0.717) is 0 Å². The van der Waals surface area contributed by atoms with Gasteiger partial charge in [0.05, 0.1) is 0 Å². The largest absolute Gasteiger partial charge is 0.297 e. The fourth-order valence-electron chi connectivity index (χ4n) is 6.38. The van der Waals surface area contributed by atoms with Crippen LogP contribution in [0.3, 0.4) is 0 Å². The molecule has 23 heavy (non-hydrogen) atoms. The van der Waals surface area contributed by atoms with Gasteiger partial charge in [-0.3, -0.25) is 9.80 Å². The van der Waals surface area contributed by atoms with Gasteiger partial charge in [0.1, 0.15) is 6.33 Å². The zero-order valence-corrected chi connectivity index (χ0v) is 14.0. The summed E-state index contributed by atoms with van der Waals surface area (Å²) in [6.07, 6.45) is 13.3. The molecule has 0 N–H and O–H groups in total. The van der Waals surface area contributed by atoms with E-state index in [4.69, 9.17) is 0 Å². The van der Waals surface area contributed by atoms with Crippen LogP contribution in [-0.4, -0.2) is 52.0 Å². The molecular formula is C19H28N4. The minimum Gasteiger partial charge on any atom is -0.297 e. The average molecular weight is 312 g/mol. The van der Waals surface area contributed by atoms with E-state index < -0.39 is 0 Å². The molecular weight excluding hydrogens is 284 g/mol. The van der Waals surface area contributed by atoms with Crippen molar-refractivity contribution >= 4 is 0 Å². The molecule has 1 saturated heterocycles. The van der Waals surface area contributed by atoms with Gasteiger partial charge in [-0.1, -0.05) is 0 Å². The van der Waals surface area contributed by atoms with E-state index in [2.05, 4.69) is 19.8 Å². The minimum absolute atomic E-state index is 0.921. The van der Waals surface area contributed by atoms with Gasteiger partial charge in [0.2, 0.25) is 0 Å². The molecule has 0 radical (unpaired) electrons. The van der Waals surface area contributed by atoms with E-state index in [1.54, 1.807) is 38.4 Å². The van der Waals surface area contributed by atoms with Crippen molar-refractivity contribution < 1.29 is 0 Å². The van der Waals surface area contributed by atoms with E-state index in [9.17, 15) is 0 Å². The maximum atomic E-state index is 4.14. The highest BCUT2D eigenvalue weighted by molar-refractivity contribution is 5.04. The maximum Gasteiger partial charge on any atom is 0.115 e. The predicted octanol–water partition coefficient (Wildman–Crippen LogP) is 2.42. The topological polar surface area (TPSA) is 32.3 Å². The van der Waals surface area contributed by atoms with Crippen LogP contribution in [0.1, 0.15) is 37.7 Å². The summed E-state index contributed by atoms with van der Waals surface area (Å²) in [5.74, 6) is 4.24. The Kier molecular flexibility index (Phi) is 3.63. The first-order chi connectivity index (χ1) is 11.3. The van der Waals surface area contributed by atoms with Crippen LogP contribution >= 0.6 is 0 Å². The van der Waals surface area contributed by atoms with Crippen molar-refractivity contribution in [3.63, 3.8) is 0 Å². The lowest BCUT2D eigenvalue weighted by Gasteiger charge is -2.58. The Balaban J connectivity index is 1.20. The average Bonchev–Trinajstić information content (AvgIpc) is 2.56. The summed E-state index contributed by atoms with van der Waals surface area (Å²) < 4.78 is 0. The summed E-state index contributed by atoms with van der Waals surface area (Å²) in [6, 6.07) is 0.921. The normalized spacial score (nSPS) is 40.6. The number of rotatable bonds is 3. The molecule has 0 amide bonds. The molecule has 4 nitrogen and oxygen atoms in total. The number of hydrogen-bond acceptors (Lipinski definition) is 4. The lowest BCUT2D eigenvalue weighted by molar-refractivity contribution is -0.0769. The van der Waals surface area contributed by atoms with Crippen molar-refractivity contribution in [3.05, 3.63) is 24.3 Å². The first-order valence-corrected chi connectivity index (χ1v) is 9.55. The fraction of sp³-hybridized carbons (Fsp3) is 0.789. The third-order valence-corrected chi connectivity index (χ3v) is 7.03. The van der Waals surface area contributed by atoms with Crippen LogP contribution in [0.25, 0.3) is 0 Å². The Hall–Kier alpha value is -1.00. The van der Waals surface area contributed by atoms with Crippen LogP contribution in [0, 0.1) is 23.7 Å². The van der Waals surface area contributed by atoms with E-state index in [1.165, 1.54) is 31.7 Å². The first-order valence-electron chi connectivity index (χ1n) is 9.55. The standard InChI is InChI=1S/C19H28N4/c1-3-23(4-2-22(1)12-16-10-20-13-21-11-16)19-17-6-14-5-15(8-17)9-18(19)7-14/h10-11,13-15,17-19H,1-9,12H2. The first kappa shape index (κ1) is 14.4. The highest BCUT2D eigenvalue weighted by atomic mass is 15.3. The molecule has 0 spiro atoms. The SMILES string of the molecule is c1ncc(CN2CCN(C3C4CC5CC(C4)CC3C5)CC2)cn1. The van der Waals surface area contributed by atoms with Gasteiger partial charge >= 0.3 is 0 Å². The van der Waals surface area contributed by atoms with Crippen molar-refractivity contribution in [2.45, 2.75) is 44.7 Å². The van der Waals surface area contributed by atoms with Crippen molar-refractivity contribution in [2.75, 3.05) is 26.2 Å². The van der Waals surface area contributed by atoms with Crippen molar-refractivity contribution in [1.82, 2.24) is 19.8 Å². The summed E-state index contributed by atoms with van der Waals surface area (Å²) in [6.45, 7) is 5.95. The van der Waals surface area contributed by atoms with Crippen molar-refractivity contribution in [2.24, 2.45) is 23.7 Å². The van der Waals surface area contributed by atoms with Gasteiger partial charge in [-0.2, -0.15) is 0 Å². The Labute approximate surface area is 139 Å². The highest BCUT2D eigenvalue weighted by Crippen LogP contribution is 2.55. The molecule has 4 saturated carbocycles. The molecule has 0 aromatic carbocycles. The molecule has 4 bridgehead atoms. The van der Waals surface area contributed by atoms with E-state index in [0.717, 1.165) is 36.3 Å². The smallest absolute Gasteiger partial charge is 0.115 e. The van der Waals surface area contributed by atoms with Gasteiger partial charge in [-0.25, -0.2) is 9.97 Å². The third kappa shape index (κ3) is 2.70. The number of piperazine rings is 1. The minimum atomic E-state index is 0.921. The molecule has 4 aliphatic carbocycles. The third-order valence-electron chi connectivity index (χ3n) is 7.03. The van der Waals surface area contributed by atoms with Gasteiger partial charge < -0.3 is 0 Å². The Bertz CT molecular complexity index is 510. The predicted molar refractivity (Wildman–Crippen MR) is 89.7 cm³/mol. The molecule has 1 aromatic heterocycles. The molecule has 0 atom stereocenters. The van der Waals surface area contributed by atoms with Crippen LogP contribution in [0.2, 0.25) is 0 Å². The molecule has 6 rings (SSSR count). The zero-order valence-electron chi connectivity index (χ0n) is 14.0. The molecule has 2 heterocycles. The molecule has 0 unspecified atom stereocenters. The molecule has 1 aromatic rings. The lowest BCUT2D eigenvalue weighted by atomic mass is 9.54. The van der Waals surface area contributed by atoms with Gasteiger partial charge in [0.25, 0.3) is 0 Å². The molecule has 5 fully saturated rings. The summed E-state index contributed by atoms with van der Waals surface area (Å²) in [4.78, 5) is 13.7. The number of aromatic nitrogens is 2. The second kappa shape index (κ2) is 5.82. The summed E-state index contributed by atoms with van der Waals surface area (Å²) in [5.41, 5.74) is 1.25. The van der Waals surface area contributed by atoms with Crippen LogP contribution in [0.15, 0.2) is 18.7 Å². The van der Waals surface area contributed by atoms with Crippen LogP contribution in [0.5, 0.6) is 0 Å². The Morgan fingerprint density at radius 2 is 1.43 bits per heavy atom. The quantitative estimate of drug-likeness (QED) is 0.858. The number of nitrogens with zero attached hydrogens (tertiary/aromatic N) is 4. The summed E-state index contributed by atoms with van der Waals surface area (Å²) >= 11 is 0. The monoisotopic (exact) mass is 312 g/mol. The lowest BCUT2D eigenvalue weighted by Crippen LogP contribution is -2.60. The second-order valence-electron chi connectivity index (χ2n) is 8.48. The van der Waals surface area contributed by atoms with E-state index in [1.807, 2.05) is 12.4 Å². The van der Waals surface area contributed by atoms with Crippen molar-refractivity contribution in [1.29, 1.82) is 0 Å². The van der Waals surface area contributed by atoms with Crippen LogP contribution in [-0.2, 0) is 6.54 Å². The van der Waals surface area contributed by atoms with E-state index in [-0.39, 0.29) is 0 Å². The zero-order chi connectivity index (χ0) is 15.2. The molecule has 124 valence electrons. The molecule has 4 heteroatoms. The summed E-state index contributed by atoms with van der Waals surface area (Å²) in [5, 5.41) is 0. The van der Waals surface area contributed by atoms with E-state index >= 15 is 0 Å². The van der Waals surface area contributed by atoms with Crippen molar-refractivity contribution in [3.8, 4) is 0 Å². The molecule has 1 aliphatic heterocycles. The number of hydrogen-bond donors (Lipinski definition) is 0. The van der Waals surface area contributed by atoms with Crippen LogP contribution in [0.4, 0.5) is 0 Å². The van der Waals surface area contributed by atoms with Gasteiger partial charge in [0, 0.05) is 56.7 Å². The molecule has 5 aliphatic rings. The Morgan fingerprint density at radius 1 is 0.826 bits per heavy atom. The van der Waals surface area contributed by atoms with Gasteiger partial charge in [0.15, 0.2) is 0 Å². The summed E-state index contributed by atoms with van der Waals surface area (Å²) in [7, 11) is 0. The second-order valence-corrected chi connectivity index (χ2v) is 8.48. The van der Waals surface area contributed by atoms with Crippen LogP contribution < -0.4 is 0 Å². The maximum absolute atomic E-state index is 4.14. The van der Waals surface area contributed by atoms with Gasteiger partial charge in [-0.05, 0) is 55.8 Å². The highest BCUT2D eigenvalue weighted by Gasteiger charge is 2.50. The Morgan fingerprint density at radius 3 is 2.04 bits per heavy atom. The van der Waals surface area contributed by atoms with Gasteiger partial charge in [-0.15, -0.1) is 0 Å². The fourth-order valence-corrected chi connectivity index (χ4v) is 6.38.